The molecule has 0 atom stereocenters. The zero-order valence-corrected chi connectivity index (χ0v) is 12.0. The molecule has 3 rings (SSSR count). The van der Waals surface area contributed by atoms with Gasteiger partial charge in [-0.25, -0.2) is 9.78 Å². The van der Waals surface area contributed by atoms with Gasteiger partial charge < -0.3 is 9.72 Å². The average Bonchev–Trinajstić information content (AvgIpc) is 2.51. The fraction of sp³-hybridized carbons (Fsp3) is 0.538. The number of nitrogens with zero attached hydrogens (tertiary/aromatic N) is 3. The van der Waals surface area contributed by atoms with E-state index in [-0.39, 0.29) is 11.0 Å². The highest BCUT2D eigenvalue weighted by molar-refractivity contribution is 5.70. The highest BCUT2D eigenvalue weighted by atomic mass is 16.5. The smallest absolute Gasteiger partial charge is 0.326 e. The molecule has 22 heavy (non-hydrogen) atoms. The Morgan fingerprint density at radius 3 is 2.68 bits per heavy atom. The number of fused-ring (bicyclic) bond motifs is 1. The Hall–Kier alpha value is -2.26. The van der Waals surface area contributed by atoms with E-state index in [4.69, 9.17) is 4.74 Å². The molecule has 1 fully saturated rings. The maximum atomic E-state index is 12.3. The Morgan fingerprint density at radius 1 is 1.14 bits per heavy atom. The summed E-state index contributed by atoms with van der Waals surface area (Å²) in [7, 11) is 0. The lowest BCUT2D eigenvalue weighted by molar-refractivity contribution is 0.0369. The number of hydrogen-bond donors (Lipinski definition) is 2. The lowest BCUT2D eigenvalue weighted by Crippen LogP contribution is -2.37. The van der Waals surface area contributed by atoms with Crippen LogP contribution in [0.15, 0.2) is 20.7 Å². The van der Waals surface area contributed by atoms with Gasteiger partial charge in [-0.3, -0.25) is 24.0 Å². The van der Waals surface area contributed by atoms with Gasteiger partial charge >= 0.3 is 5.69 Å². The van der Waals surface area contributed by atoms with E-state index < -0.39 is 16.8 Å². The zero-order chi connectivity index (χ0) is 15.5. The normalized spacial score (nSPS) is 16.2. The van der Waals surface area contributed by atoms with Gasteiger partial charge in [0.2, 0.25) is 0 Å². The van der Waals surface area contributed by atoms with Crippen molar-refractivity contribution in [2.75, 3.05) is 32.8 Å². The summed E-state index contributed by atoms with van der Waals surface area (Å²) in [5.41, 5.74) is -1.87. The molecule has 2 aromatic rings. The van der Waals surface area contributed by atoms with Gasteiger partial charge in [0, 0.05) is 26.2 Å². The molecule has 1 aliphatic heterocycles. The fourth-order valence-electron chi connectivity index (χ4n) is 2.53. The molecule has 0 aromatic carbocycles. The molecule has 0 aliphatic carbocycles. The van der Waals surface area contributed by atoms with E-state index in [2.05, 4.69) is 19.9 Å². The van der Waals surface area contributed by atoms with Crippen LogP contribution in [0.25, 0.3) is 11.0 Å². The largest absolute Gasteiger partial charge is 0.379 e. The molecule has 0 bridgehead atoms. The molecule has 118 valence electrons. The first-order valence-electron chi connectivity index (χ1n) is 7.17. The topological polar surface area (TPSA) is 113 Å². The van der Waals surface area contributed by atoms with Gasteiger partial charge in [-0.2, -0.15) is 0 Å². The molecular weight excluding hydrogens is 290 g/mol. The molecule has 0 unspecified atom stereocenters. The van der Waals surface area contributed by atoms with E-state index in [1.165, 1.54) is 10.9 Å². The highest BCUT2D eigenvalue weighted by Crippen LogP contribution is 2.00. The standard InChI is InChI=1S/C13H17N5O4/c19-11-9-10(15-13(21)16-11)12(20)18(8-14-9)3-1-2-17-4-6-22-7-5-17/h8H,1-7H2,(H2,15,16,19,21). The number of hydrogen-bond acceptors (Lipinski definition) is 6. The van der Waals surface area contributed by atoms with Crippen molar-refractivity contribution in [3.63, 3.8) is 0 Å². The average molecular weight is 307 g/mol. The summed E-state index contributed by atoms with van der Waals surface area (Å²) < 4.78 is 6.70. The third-order valence-electron chi connectivity index (χ3n) is 3.70. The lowest BCUT2D eigenvalue weighted by Gasteiger charge is -2.26. The second-order valence-electron chi connectivity index (χ2n) is 5.18. The van der Waals surface area contributed by atoms with E-state index in [0.717, 1.165) is 39.3 Å². The summed E-state index contributed by atoms with van der Waals surface area (Å²) in [6.07, 6.45) is 2.12. The van der Waals surface area contributed by atoms with Crippen LogP contribution in [0.2, 0.25) is 0 Å². The number of rotatable bonds is 4. The first-order valence-corrected chi connectivity index (χ1v) is 7.17. The summed E-state index contributed by atoms with van der Waals surface area (Å²) in [5.74, 6) is 0. The fourth-order valence-corrected chi connectivity index (χ4v) is 2.53. The SMILES string of the molecule is O=c1[nH]c(=O)c2ncn(CCCN3CCOCC3)c(=O)c2[nH]1. The van der Waals surface area contributed by atoms with Crippen LogP contribution in [0.1, 0.15) is 6.42 Å². The van der Waals surface area contributed by atoms with Gasteiger partial charge in [0.25, 0.3) is 11.1 Å². The quantitative estimate of drug-likeness (QED) is 0.710. The molecule has 0 radical (unpaired) electrons. The van der Waals surface area contributed by atoms with Crippen LogP contribution < -0.4 is 16.8 Å². The maximum absolute atomic E-state index is 12.3. The van der Waals surface area contributed by atoms with Gasteiger partial charge in [0.05, 0.1) is 19.5 Å². The predicted molar refractivity (Wildman–Crippen MR) is 79.1 cm³/mol. The third kappa shape index (κ3) is 3.00. The zero-order valence-electron chi connectivity index (χ0n) is 12.0. The van der Waals surface area contributed by atoms with Crippen LogP contribution in [-0.4, -0.2) is 57.3 Å². The minimum Gasteiger partial charge on any atom is -0.379 e. The van der Waals surface area contributed by atoms with Gasteiger partial charge in [-0.1, -0.05) is 0 Å². The number of morpholine rings is 1. The molecule has 1 aliphatic rings. The first kappa shape index (κ1) is 14.7. The Kier molecular flexibility index (Phi) is 4.16. The molecule has 9 nitrogen and oxygen atoms in total. The summed E-state index contributed by atoms with van der Waals surface area (Å²) in [6.45, 7) is 4.61. The Balaban J connectivity index is 1.77. The predicted octanol–water partition coefficient (Wildman–Crippen LogP) is -1.50. The van der Waals surface area contributed by atoms with Gasteiger partial charge in [0.1, 0.15) is 5.52 Å². The van der Waals surface area contributed by atoms with E-state index in [0.29, 0.717) is 6.54 Å². The molecule has 3 heterocycles. The minimum atomic E-state index is -0.706. The van der Waals surface area contributed by atoms with Crippen LogP contribution in [0.5, 0.6) is 0 Å². The van der Waals surface area contributed by atoms with Gasteiger partial charge in [-0.15, -0.1) is 0 Å². The van der Waals surface area contributed by atoms with E-state index in [1.807, 2.05) is 0 Å². The van der Waals surface area contributed by atoms with Crippen molar-refractivity contribution in [2.24, 2.45) is 0 Å². The molecule has 0 saturated carbocycles. The van der Waals surface area contributed by atoms with Crippen molar-refractivity contribution >= 4 is 11.0 Å². The van der Waals surface area contributed by atoms with Crippen LogP contribution in [-0.2, 0) is 11.3 Å². The molecule has 1 saturated heterocycles. The summed E-state index contributed by atoms with van der Waals surface area (Å²) in [5, 5.41) is 0. The molecule has 2 aromatic heterocycles. The van der Waals surface area contributed by atoms with Crippen molar-refractivity contribution in [1.82, 2.24) is 24.4 Å². The van der Waals surface area contributed by atoms with Crippen LogP contribution in [0, 0.1) is 0 Å². The Labute approximate surface area is 124 Å². The van der Waals surface area contributed by atoms with Crippen molar-refractivity contribution < 1.29 is 4.74 Å². The number of aryl methyl sites for hydroxylation is 1. The summed E-state index contributed by atoms with van der Waals surface area (Å²) in [4.78, 5) is 45.8. The Morgan fingerprint density at radius 2 is 1.91 bits per heavy atom. The van der Waals surface area contributed by atoms with E-state index in [1.54, 1.807) is 0 Å². The maximum Gasteiger partial charge on any atom is 0.326 e. The number of nitrogens with one attached hydrogen (secondary N) is 2. The highest BCUT2D eigenvalue weighted by Gasteiger charge is 2.11. The van der Waals surface area contributed by atoms with Crippen LogP contribution in [0.4, 0.5) is 0 Å². The summed E-state index contributed by atoms with van der Waals surface area (Å²) >= 11 is 0. The van der Waals surface area contributed by atoms with Crippen molar-refractivity contribution in [2.45, 2.75) is 13.0 Å². The first-order chi connectivity index (χ1) is 10.6. The lowest BCUT2D eigenvalue weighted by atomic mass is 10.3. The second-order valence-corrected chi connectivity index (χ2v) is 5.18. The molecule has 9 heteroatoms. The van der Waals surface area contributed by atoms with Crippen molar-refractivity contribution in [3.8, 4) is 0 Å². The number of aromatic amines is 2. The van der Waals surface area contributed by atoms with Crippen LogP contribution >= 0.6 is 0 Å². The third-order valence-corrected chi connectivity index (χ3v) is 3.70. The molecule has 2 N–H and O–H groups in total. The van der Waals surface area contributed by atoms with Gasteiger partial charge in [-0.05, 0) is 6.42 Å². The monoisotopic (exact) mass is 307 g/mol. The van der Waals surface area contributed by atoms with Crippen LogP contribution in [0.3, 0.4) is 0 Å². The van der Waals surface area contributed by atoms with E-state index >= 15 is 0 Å². The van der Waals surface area contributed by atoms with Gasteiger partial charge in [0.15, 0.2) is 5.52 Å². The molecule has 0 spiro atoms. The molecule has 0 amide bonds. The van der Waals surface area contributed by atoms with E-state index in [9.17, 15) is 14.4 Å². The number of H-pyrrole nitrogens is 2. The number of aromatic nitrogens is 4. The second kappa shape index (κ2) is 6.24. The van der Waals surface area contributed by atoms with Crippen molar-refractivity contribution in [1.29, 1.82) is 0 Å². The molecular formula is C13H17N5O4. The summed E-state index contributed by atoms with van der Waals surface area (Å²) in [6, 6.07) is 0. The number of ether oxygens (including phenoxy) is 1. The minimum absolute atomic E-state index is 0.0472. The van der Waals surface area contributed by atoms with Crippen molar-refractivity contribution in [3.05, 3.63) is 37.5 Å². The Bertz CT molecular complexity index is 831.